The summed E-state index contributed by atoms with van der Waals surface area (Å²) in [6.07, 6.45) is 5.90. The normalized spacial score (nSPS) is 23.7. The Labute approximate surface area is 140 Å². The van der Waals surface area contributed by atoms with Crippen LogP contribution in [0.4, 0.5) is 0 Å². The van der Waals surface area contributed by atoms with Gasteiger partial charge in [-0.15, -0.1) is 5.10 Å². The van der Waals surface area contributed by atoms with Crippen molar-refractivity contribution in [3.63, 3.8) is 0 Å². The van der Waals surface area contributed by atoms with Gasteiger partial charge >= 0.3 is 0 Å². The number of nitrogens with zero attached hydrogens (tertiary/aromatic N) is 3. The van der Waals surface area contributed by atoms with Gasteiger partial charge in [0.15, 0.2) is 0 Å². The van der Waals surface area contributed by atoms with E-state index in [9.17, 15) is 10.2 Å². The number of hydrogen-bond donors (Lipinski definition) is 2. The fourth-order valence-corrected chi connectivity index (χ4v) is 4.12. The molecule has 1 aromatic heterocycles. The van der Waals surface area contributed by atoms with Crippen molar-refractivity contribution >= 4 is 11.6 Å². The number of benzene rings is 1. The Kier molecular flexibility index (Phi) is 3.70. The van der Waals surface area contributed by atoms with Gasteiger partial charge in [-0.05, 0) is 42.9 Å². The minimum absolute atomic E-state index is 0.00491. The van der Waals surface area contributed by atoms with E-state index in [1.807, 2.05) is 6.20 Å². The third kappa shape index (κ3) is 2.79. The molecule has 0 radical (unpaired) electrons. The second-order valence-electron chi connectivity index (χ2n) is 6.62. The van der Waals surface area contributed by atoms with Crippen LogP contribution in [0.25, 0.3) is 11.1 Å². The van der Waals surface area contributed by atoms with Crippen molar-refractivity contribution in [2.45, 2.75) is 31.8 Å². The molecule has 23 heavy (non-hydrogen) atoms. The van der Waals surface area contributed by atoms with E-state index in [0.29, 0.717) is 5.56 Å². The molecule has 1 aromatic carbocycles. The highest BCUT2D eigenvalue weighted by Crippen LogP contribution is 2.37. The summed E-state index contributed by atoms with van der Waals surface area (Å²) >= 11 is 5.94. The van der Waals surface area contributed by atoms with Crippen LogP contribution in [0.15, 0.2) is 24.4 Å². The molecule has 2 aliphatic rings. The summed E-state index contributed by atoms with van der Waals surface area (Å²) in [5, 5.41) is 24.1. The van der Waals surface area contributed by atoms with Crippen LogP contribution >= 0.6 is 11.6 Å². The van der Waals surface area contributed by atoms with E-state index >= 15 is 0 Å². The summed E-state index contributed by atoms with van der Waals surface area (Å²) in [6, 6.07) is 5.63. The lowest BCUT2D eigenvalue weighted by atomic mass is 10.1. The van der Waals surface area contributed by atoms with E-state index in [1.165, 1.54) is 31.9 Å². The zero-order chi connectivity index (χ0) is 16.0. The van der Waals surface area contributed by atoms with Crippen LogP contribution in [0.1, 0.15) is 19.3 Å². The Hall–Kier alpha value is -1.72. The molecule has 1 aliphatic carbocycles. The van der Waals surface area contributed by atoms with Gasteiger partial charge in [0.05, 0.1) is 17.1 Å². The van der Waals surface area contributed by atoms with Crippen LogP contribution < -0.4 is 0 Å². The highest BCUT2D eigenvalue weighted by atomic mass is 35.5. The van der Waals surface area contributed by atoms with Crippen molar-refractivity contribution in [3.8, 4) is 22.8 Å². The SMILES string of the molecule is Oc1ccc(-c2cn(CCN3CC4CCC3C4)nc2O)cc1Cl. The molecular formula is C17H20ClN3O2. The Bertz CT molecular complexity index is 731. The molecule has 1 aliphatic heterocycles. The van der Waals surface area contributed by atoms with Gasteiger partial charge in [0.2, 0.25) is 5.88 Å². The van der Waals surface area contributed by atoms with Crippen LogP contribution in [0, 0.1) is 5.92 Å². The van der Waals surface area contributed by atoms with Gasteiger partial charge in [-0.2, -0.15) is 0 Å². The maximum Gasteiger partial charge on any atom is 0.238 e. The summed E-state index contributed by atoms with van der Waals surface area (Å²) in [4.78, 5) is 2.55. The number of halogens is 1. The van der Waals surface area contributed by atoms with Crippen molar-refractivity contribution in [3.05, 3.63) is 29.4 Å². The zero-order valence-corrected chi connectivity index (χ0v) is 13.6. The van der Waals surface area contributed by atoms with Gasteiger partial charge in [0.25, 0.3) is 0 Å². The molecule has 2 heterocycles. The van der Waals surface area contributed by atoms with E-state index < -0.39 is 0 Å². The van der Waals surface area contributed by atoms with Crippen molar-refractivity contribution < 1.29 is 10.2 Å². The maximum absolute atomic E-state index is 10.1. The molecule has 1 saturated heterocycles. The fourth-order valence-electron chi connectivity index (χ4n) is 3.94. The standard InChI is InChI=1S/C17H20ClN3O2/c18-15-8-12(2-4-16(15)22)14-10-21(19-17(14)23)6-5-20-9-11-1-3-13(20)7-11/h2,4,8,10-11,13,22H,1,3,5-7,9H2,(H,19,23). The van der Waals surface area contributed by atoms with Crippen molar-refractivity contribution in [1.29, 1.82) is 0 Å². The number of hydrogen-bond acceptors (Lipinski definition) is 4. The van der Waals surface area contributed by atoms with Gasteiger partial charge in [-0.25, -0.2) is 0 Å². The van der Waals surface area contributed by atoms with Crippen molar-refractivity contribution in [2.75, 3.05) is 13.1 Å². The predicted octanol–water partition coefficient (Wildman–Crippen LogP) is 3.10. The third-order valence-corrected chi connectivity index (χ3v) is 5.44. The average Bonchev–Trinajstić information content (AvgIpc) is 3.23. The largest absolute Gasteiger partial charge is 0.506 e. The molecule has 0 spiro atoms. The topological polar surface area (TPSA) is 61.5 Å². The Balaban J connectivity index is 1.47. The quantitative estimate of drug-likeness (QED) is 0.902. The van der Waals surface area contributed by atoms with Gasteiger partial charge in [0, 0.05) is 25.3 Å². The summed E-state index contributed by atoms with van der Waals surface area (Å²) < 4.78 is 1.79. The van der Waals surface area contributed by atoms with Crippen LogP contribution in [-0.4, -0.2) is 44.0 Å². The molecule has 2 unspecified atom stereocenters. The Morgan fingerprint density at radius 2 is 2.09 bits per heavy atom. The molecule has 6 heteroatoms. The molecule has 0 amide bonds. The van der Waals surface area contributed by atoms with Crippen LogP contribution in [-0.2, 0) is 6.54 Å². The minimum Gasteiger partial charge on any atom is -0.506 e. The van der Waals surface area contributed by atoms with Gasteiger partial charge in [0.1, 0.15) is 5.75 Å². The molecule has 2 bridgehead atoms. The van der Waals surface area contributed by atoms with Gasteiger partial charge < -0.3 is 10.2 Å². The van der Waals surface area contributed by atoms with E-state index in [4.69, 9.17) is 11.6 Å². The number of phenols is 1. The highest BCUT2D eigenvalue weighted by Gasteiger charge is 2.37. The smallest absolute Gasteiger partial charge is 0.238 e. The molecular weight excluding hydrogens is 314 g/mol. The van der Waals surface area contributed by atoms with E-state index in [-0.39, 0.29) is 16.7 Å². The lowest BCUT2D eigenvalue weighted by molar-refractivity contribution is 0.203. The number of fused-ring (bicyclic) bond motifs is 2. The first-order valence-corrected chi connectivity index (χ1v) is 8.47. The van der Waals surface area contributed by atoms with Crippen LogP contribution in [0.2, 0.25) is 5.02 Å². The highest BCUT2D eigenvalue weighted by molar-refractivity contribution is 6.32. The number of likely N-dealkylation sites (tertiary alicyclic amines) is 1. The molecule has 2 N–H and O–H groups in total. The lowest BCUT2D eigenvalue weighted by Gasteiger charge is -2.26. The Morgan fingerprint density at radius 1 is 1.22 bits per heavy atom. The number of aromatic nitrogens is 2. The van der Waals surface area contributed by atoms with Crippen LogP contribution in [0.5, 0.6) is 11.6 Å². The first kappa shape index (κ1) is 14.8. The second kappa shape index (κ2) is 5.73. The summed E-state index contributed by atoms with van der Waals surface area (Å²) in [5.41, 5.74) is 1.38. The summed E-state index contributed by atoms with van der Waals surface area (Å²) in [6.45, 7) is 2.94. The molecule has 5 nitrogen and oxygen atoms in total. The number of rotatable bonds is 4. The number of aromatic hydroxyl groups is 2. The van der Waals surface area contributed by atoms with E-state index in [0.717, 1.165) is 30.6 Å². The summed E-state index contributed by atoms with van der Waals surface area (Å²) in [5.74, 6) is 0.918. The Morgan fingerprint density at radius 3 is 2.78 bits per heavy atom. The number of phenolic OH excluding ortho intramolecular Hbond substituents is 1. The molecule has 2 fully saturated rings. The third-order valence-electron chi connectivity index (χ3n) is 5.14. The van der Waals surface area contributed by atoms with Crippen LogP contribution in [0.3, 0.4) is 0 Å². The lowest BCUT2D eigenvalue weighted by Crippen LogP contribution is -2.34. The first-order valence-electron chi connectivity index (χ1n) is 8.09. The van der Waals surface area contributed by atoms with Crippen molar-refractivity contribution in [1.82, 2.24) is 14.7 Å². The molecule has 4 rings (SSSR count). The first-order chi connectivity index (χ1) is 11.1. The second-order valence-corrected chi connectivity index (χ2v) is 7.03. The molecule has 1 saturated carbocycles. The maximum atomic E-state index is 10.1. The van der Waals surface area contributed by atoms with E-state index in [1.54, 1.807) is 16.8 Å². The summed E-state index contributed by atoms with van der Waals surface area (Å²) in [7, 11) is 0. The van der Waals surface area contributed by atoms with Gasteiger partial charge in [-0.3, -0.25) is 9.58 Å². The molecule has 2 aromatic rings. The number of piperidine rings is 1. The van der Waals surface area contributed by atoms with Crippen molar-refractivity contribution in [2.24, 2.45) is 5.92 Å². The monoisotopic (exact) mass is 333 g/mol. The average molecular weight is 334 g/mol. The predicted molar refractivity (Wildman–Crippen MR) is 88.7 cm³/mol. The fraction of sp³-hybridized carbons (Fsp3) is 0.471. The molecule has 122 valence electrons. The zero-order valence-electron chi connectivity index (χ0n) is 12.8. The van der Waals surface area contributed by atoms with Gasteiger partial charge in [-0.1, -0.05) is 17.7 Å². The molecule has 2 atom stereocenters. The van der Waals surface area contributed by atoms with E-state index in [2.05, 4.69) is 10.00 Å². The minimum atomic E-state index is -0.00491.